The molecule has 1 aromatic rings. The van der Waals surface area contributed by atoms with Crippen LogP contribution in [0.3, 0.4) is 0 Å². The molecule has 0 spiro atoms. The first-order chi connectivity index (χ1) is 8.31. The normalized spacial score (nSPS) is 24.1. The molecule has 1 aliphatic rings. The maximum absolute atomic E-state index is 5.54. The van der Waals surface area contributed by atoms with Gasteiger partial charge in [0.25, 0.3) is 0 Å². The Morgan fingerprint density at radius 1 is 1.53 bits per heavy atom. The summed E-state index contributed by atoms with van der Waals surface area (Å²) in [5.74, 6) is 1.60. The second-order valence-corrected chi connectivity index (χ2v) is 4.58. The first kappa shape index (κ1) is 12.4. The third kappa shape index (κ3) is 3.20. The SMILES string of the molecule is CCCNC1COCC1CNc1ccnn1C. The fourth-order valence-corrected chi connectivity index (χ4v) is 2.14. The van der Waals surface area contributed by atoms with E-state index in [0.29, 0.717) is 12.0 Å². The number of ether oxygens (including phenoxy) is 1. The molecular formula is C12H22N4O. The molecule has 2 N–H and O–H groups in total. The number of aromatic nitrogens is 2. The van der Waals surface area contributed by atoms with Crippen molar-refractivity contribution in [3.05, 3.63) is 12.3 Å². The van der Waals surface area contributed by atoms with E-state index in [-0.39, 0.29) is 0 Å². The highest BCUT2D eigenvalue weighted by Gasteiger charge is 2.27. The Labute approximate surface area is 103 Å². The van der Waals surface area contributed by atoms with Crippen LogP contribution in [0.1, 0.15) is 13.3 Å². The minimum Gasteiger partial charge on any atom is -0.379 e. The third-order valence-corrected chi connectivity index (χ3v) is 3.22. The van der Waals surface area contributed by atoms with Crippen molar-refractivity contribution in [1.29, 1.82) is 0 Å². The Morgan fingerprint density at radius 2 is 2.41 bits per heavy atom. The summed E-state index contributed by atoms with van der Waals surface area (Å²) in [6.45, 7) is 5.85. The summed E-state index contributed by atoms with van der Waals surface area (Å²) in [7, 11) is 1.94. The first-order valence-corrected chi connectivity index (χ1v) is 6.34. The molecule has 1 fully saturated rings. The molecule has 2 heterocycles. The van der Waals surface area contributed by atoms with Crippen molar-refractivity contribution in [1.82, 2.24) is 15.1 Å². The molecule has 0 amide bonds. The van der Waals surface area contributed by atoms with Gasteiger partial charge in [0.2, 0.25) is 0 Å². The van der Waals surface area contributed by atoms with Crippen LogP contribution in [0.4, 0.5) is 5.82 Å². The van der Waals surface area contributed by atoms with Crippen LogP contribution < -0.4 is 10.6 Å². The zero-order valence-corrected chi connectivity index (χ0v) is 10.6. The molecule has 0 bridgehead atoms. The van der Waals surface area contributed by atoms with E-state index in [0.717, 1.165) is 32.1 Å². The maximum Gasteiger partial charge on any atom is 0.123 e. The monoisotopic (exact) mass is 238 g/mol. The van der Waals surface area contributed by atoms with Crippen molar-refractivity contribution in [2.45, 2.75) is 19.4 Å². The van der Waals surface area contributed by atoms with Crippen LogP contribution in [0.2, 0.25) is 0 Å². The topological polar surface area (TPSA) is 51.1 Å². The molecule has 1 saturated heterocycles. The molecule has 96 valence electrons. The maximum atomic E-state index is 5.54. The summed E-state index contributed by atoms with van der Waals surface area (Å²) in [4.78, 5) is 0. The van der Waals surface area contributed by atoms with Gasteiger partial charge in [-0.25, -0.2) is 0 Å². The number of nitrogens with zero attached hydrogens (tertiary/aromatic N) is 2. The van der Waals surface area contributed by atoms with Crippen molar-refractivity contribution in [3.8, 4) is 0 Å². The van der Waals surface area contributed by atoms with Crippen LogP contribution in [0.15, 0.2) is 12.3 Å². The van der Waals surface area contributed by atoms with Crippen LogP contribution in [0.25, 0.3) is 0 Å². The van der Waals surface area contributed by atoms with Gasteiger partial charge in [-0.05, 0) is 13.0 Å². The van der Waals surface area contributed by atoms with Gasteiger partial charge in [0.1, 0.15) is 5.82 Å². The van der Waals surface area contributed by atoms with Gasteiger partial charge in [-0.2, -0.15) is 5.10 Å². The fraction of sp³-hybridized carbons (Fsp3) is 0.750. The Balaban J connectivity index is 1.80. The lowest BCUT2D eigenvalue weighted by molar-refractivity contribution is 0.183. The number of hydrogen-bond donors (Lipinski definition) is 2. The molecule has 0 aliphatic carbocycles. The molecule has 0 radical (unpaired) electrons. The summed E-state index contributed by atoms with van der Waals surface area (Å²) in [6.07, 6.45) is 2.97. The molecular weight excluding hydrogens is 216 g/mol. The highest BCUT2D eigenvalue weighted by molar-refractivity contribution is 5.33. The van der Waals surface area contributed by atoms with Gasteiger partial charge in [0, 0.05) is 31.6 Å². The molecule has 17 heavy (non-hydrogen) atoms. The van der Waals surface area contributed by atoms with Crippen LogP contribution >= 0.6 is 0 Å². The number of anilines is 1. The molecule has 0 aromatic carbocycles. The Bertz CT molecular complexity index is 339. The van der Waals surface area contributed by atoms with E-state index in [9.17, 15) is 0 Å². The highest BCUT2D eigenvalue weighted by atomic mass is 16.5. The van der Waals surface area contributed by atoms with Gasteiger partial charge < -0.3 is 15.4 Å². The third-order valence-electron chi connectivity index (χ3n) is 3.22. The lowest BCUT2D eigenvalue weighted by Crippen LogP contribution is -2.39. The van der Waals surface area contributed by atoms with Gasteiger partial charge in [0.05, 0.1) is 19.4 Å². The Morgan fingerprint density at radius 3 is 3.12 bits per heavy atom. The van der Waals surface area contributed by atoms with E-state index >= 15 is 0 Å². The summed E-state index contributed by atoms with van der Waals surface area (Å²) in [5.41, 5.74) is 0. The quantitative estimate of drug-likeness (QED) is 0.771. The van der Waals surface area contributed by atoms with E-state index in [1.807, 2.05) is 17.8 Å². The van der Waals surface area contributed by atoms with Crippen molar-refractivity contribution < 1.29 is 4.74 Å². The van der Waals surface area contributed by atoms with Crippen molar-refractivity contribution in [2.24, 2.45) is 13.0 Å². The summed E-state index contributed by atoms with van der Waals surface area (Å²) < 4.78 is 7.39. The van der Waals surface area contributed by atoms with Gasteiger partial charge in [-0.3, -0.25) is 4.68 Å². The van der Waals surface area contributed by atoms with Crippen molar-refractivity contribution in [3.63, 3.8) is 0 Å². The molecule has 2 rings (SSSR count). The van der Waals surface area contributed by atoms with Gasteiger partial charge in [-0.15, -0.1) is 0 Å². The van der Waals surface area contributed by atoms with E-state index < -0.39 is 0 Å². The number of rotatable bonds is 6. The van der Waals surface area contributed by atoms with Crippen molar-refractivity contribution >= 4 is 5.82 Å². The average molecular weight is 238 g/mol. The standard InChI is InChI=1S/C12H22N4O/c1-3-5-13-11-9-17-8-10(11)7-14-12-4-6-15-16(12)2/h4,6,10-11,13-14H,3,5,7-9H2,1-2H3. The van der Waals surface area contributed by atoms with E-state index in [4.69, 9.17) is 4.74 Å². The molecule has 0 saturated carbocycles. The lowest BCUT2D eigenvalue weighted by atomic mass is 10.0. The predicted octanol–water partition coefficient (Wildman–Crippen LogP) is 0.847. The van der Waals surface area contributed by atoms with Gasteiger partial charge in [0.15, 0.2) is 0 Å². The second kappa shape index (κ2) is 6.02. The van der Waals surface area contributed by atoms with Crippen molar-refractivity contribution in [2.75, 3.05) is 31.6 Å². The lowest BCUT2D eigenvalue weighted by Gasteiger charge is -2.19. The van der Waals surface area contributed by atoms with Crippen LogP contribution in [-0.2, 0) is 11.8 Å². The second-order valence-electron chi connectivity index (χ2n) is 4.58. The largest absolute Gasteiger partial charge is 0.379 e. The van der Waals surface area contributed by atoms with Gasteiger partial charge >= 0.3 is 0 Å². The minimum atomic E-state index is 0.482. The molecule has 5 heteroatoms. The predicted molar refractivity (Wildman–Crippen MR) is 68.1 cm³/mol. The summed E-state index contributed by atoms with van der Waals surface area (Å²) in [6, 6.07) is 2.47. The summed E-state index contributed by atoms with van der Waals surface area (Å²) in [5, 5.41) is 11.1. The molecule has 1 aromatic heterocycles. The zero-order valence-electron chi connectivity index (χ0n) is 10.6. The van der Waals surface area contributed by atoms with E-state index in [1.165, 1.54) is 6.42 Å². The Hall–Kier alpha value is -1.07. The molecule has 1 aliphatic heterocycles. The van der Waals surface area contributed by atoms with E-state index in [1.54, 1.807) is 6.20 Å². The Kier molecular flexibility index (Phi) is 4.39. The van der Waals surface area contributed by atoms with Crippen LogP contribution in [0.5, 0.6) is 0 Å². The van der Waals surface area contributed by atoms with E-state index in [2.05, 4.69) is 22.7 Å². The van der Waals surface area contributed by atoms with Crippen LogP contribution in [0, 0.1) is 5.92 Å². The smallest absolute Gasteiger partial charge is 0.123 e. The molecule has 5 nitrogen and oxygen atoms in total. The number of hydrogen-bond acceptors (Lipinski definition) is 4. The number of nitrogens with one attached hydrogen (secondary N) is 2. The highest BCUT2D eigenvalue weighted by Crippen LogP contribution is 2.15. The zero-order chi connectivity index (χ0) is 12.1. The molecule has 2 unspecified atom stereocenters. The van der Waals surface area contributed by atoms with Crippen LogP contribution in [-0.4, -0.2) is 42.1 Å². The van der Waals surface area contributed by atoms with Gasteiger partial charge in [-0.1, -0.05) is 6.92 Å². The molecule has 2 atom stereocenters. The number of aryl methyl sites for hydroxylation is 1. The fourth-order valence-electron chi connectivity index (χ4n) is 2.14. The minimum absolute atomic E-state index is 0.482. The summed E-state index contributed by atoms with van der Waals surface area (Å²) >= 11 is 0. The average Bonchev–Trinajstić information content (AvgIpc) is 2.93. The first-order valence-electron chi connectivity index (χ1n) is 6.34.